The second-order valence-electron chi connectivity index (χ2n) is 4.08. The highest BCUT2D eigenvalue weighted by molar-refractivity contribution is 5.41. The van der Waals surface area contributed by atoms with E-state index in [0.717, 1.165) is 17.7 Å². The van der Waals surface area contributed by atoms with Crippen molar-refractivity contribution in [1.82, 2.24) is 0 Å². The molecule has 2 aromatic rings. The molecule has 0 aliphatic rings. The van der Waals surface area contributed by atoms with E-state index in [9.17, 15) is 14.5 Å². The van der Waals surface area contributed by atoms with Gasteiger partial charge in [-0.3, -0.25) is 10.1 Å². The van der Waals surface area contributed by atoms with Crippen molar-refractivity contribution >= 4 is 5.69 Å². The van der Waals surface area contributed by atoms with Gasteiger partial charge in [-0.2, -0.15) is 0 Å². The van der Waals surface area contributed by atoms with Gasteiger partial charge in [-0.05, 0) is 17.7 Å². The van der Waals surface area contributed by atoms with Crippen LogP contribution in [-0.4, -0.2) is 12.0 Å². The van der Waals surface area contributed by atoms with Crippen molar-refractivity contribution < 1.29 is 18.8 Å². The third-order valence-corrected chi connectivity index (χ3v) is 2.51. The zero-order valence-electron chi connectivity index (χ0n) is 10.7. The first kappa shape index (κ1) is 14.0. The number of nitrogens with zero attached hydrogens (tertiary/aromatic N) is 1. The number of rotatable bonds is 5. The summed E-state index contributed by atoms with van der Waals surface area (Å²) in [7, 11) is 1.57. The average Bonchev–Trinajstić information content (AvgIpc) is 2.38. The number of hydrogen-bond acceptors (Lipinski definition) is 4. The fourth-order valence-corrected chi connectivity index (χ4v) is 1.71. The zero-order chi connectivity index (χ0) is 14.5. The summed E-state index contributed by atoms with van der Waals surface area (Å²) in [4.78, 5) is 9.99. The van der Waals surface area contributed by atoms with Crippen molar-refractivity contribution in [1.29, 1.82) is 0 Å². The molecule has 0 heterocycles. The Morgan fingerprint density at radius 2 is 2.00 bits per heavy atom. The molecule has 0 saturated heterocycles. The Labute approximate surface area is 114 Å². The molecule has 5 nitrogen and oxygen atoms in total. The van der Waals surface area contributed by atoms with E-state index in [1.165, 1.54) is 6.07 Å². The molecule has 0 N–H and O–H groups in total. The van der Waals surface area contributed by atoms with Crippen LogP contribution >= 0.6 is 0 Å². The van der Waals surface area contributed by atoms with Crippen LogP contribution in [0.15, 0.2) is 42.5 Å². The van der Waals surface area contributed by atoms with Crippen molar-refractivity contribution in [2.75, 3.05) is 7.11 Å². The summed E-state index contributed by atoms with van der Waals surface area (Å²) < 4.78 is 23.7. The van der Waals surface area contributed by atoms with Gasteiger partial charge in [0.2, 0.25) is 0 Å². The number of methoxy groups -OCH3 is 1. The first-order chi connectivity index (χ1) is 9.58. The molecular formula is C14H12FNO4. The average molecular weight is 277 g/mol. The van der Waals surface area contributed by atoms with Crippen LogP contribution in [0.25, 0.3) is 0 Å². The Kier molecular flexibility index (Phi) is 4.27. The lowest BCUT2D eigenvalue weighted by Gasteiger charge is -2.07. The number of benzene rings is 2. The van der Waals surface area contributed by atoms with Crippen molar-refractivity contribution in [3.8, 4) is 11.5 Å². The van der Waals surface area contributed by atoms with Gasteiger partial charge in [0, 0.05) is 13.2 Å². The molecule has 20 heavy (non-hydrogen) atoms. The number of nitro benzene ring substituents is 1. The third kappa shape index (κ3) is 3.52. The Balaban J connectivity index is 2.25. The first-order valence-electron chi connectivity index (χ1n) is 5.79. The van der Waals surface area contributed by atoms with Gasteiger partial charge in [0.1, 0.15) is 17.3 Å². The fraction of sp³-hybridized carbons (Fsp3) is 0.143. The van der Waals surface area contributed by atoms with E-state index in [-0.39, 0.29) is 11.4 Å². The molecule has 0 spiro atoms. The van der Waals surface area contributed by atoms with Gasteiger partial charge in [0.25, 0.3) is 5.69 Å². The molecule has 0 aliphatic carbocycles. The predicted molar refractivity (Wildman–Crippen MR) is 70.3 cm³/mol. The quantitative estimate of drug-likeness (QED) is 0.618. The largest absolute Gasteiger partial charge is 0.457 e. The topological polar surface area (TPSA) is 61.6 Å². The maximum Gasteiger partial charge on any atom is 0.276 e. The zero-order valence-corrected chi connectivity index (χ0v) is 10.7. The molecule has 6 heteroatoms. The van der Waals surface area contributed by atoms with Gasteiger partial charge >= 0.3 is 0 Å². The van der Waals surface area contributed by atoms with E-state index < -0.39 is 10.7 Å². The van der Waals surface area contributed by atoms with E-state index in [4.69, 9.17) is 9.47 Å². The van der Waals surface area contributed by atoms with E-state index in [1.807, 2.05) is 6.07 Å². The lowest BCUT2D eigenvalue weighted by atomic mass is 10.2. The van der Waals surface area contributed by atoms with Crippen LogP contribution in [0.5, 0.6) is 11.5 Å². The third-order valence-electron chi connectivity index (χ3n) is 2.51. The SMILES string of the molecule is COCc1cccc(Oc2cc(F)cc([N+](=O)[O-])c2)c1. The molecular weight excluding hydrogens is 265 g/mol. The predicted octanol–water partition coefficient (Wildman–Crippen LogP) is 3.67. The minimum atomic E-state index is -0.720. The van der Waals surface area contributed by atoms with Crippen LogP contribution in [-0.2, 0) is 11.3 Å². The molecule has 104 valence electrons. The molecule has 0 aliphatic heterocycles. The molecule has 0 bridgehead atoms. The summed E-state index contributed by atoms with van der Waals surface area (Å²) in [5, 5.41) is 10.7. The Bertz CT molecular complexity index is 630. The number of hydrogen-bond donors (Lipinski definition) is 0. The minimum absolute atomic E-state index is 0.0752. The fourth-order valence-electron chi connectivity index (χ4n) is 1.71. The molecule has 0 unspecified atom stereocenters. The lowest BCUT2D eigenvalue weighted by Crippen LogP contribution is -1.93. The highest BCUT2D eigenvalue weighted by atomic mass is 19.1. The van der Waals surface area contributed by atoms with Crippen molar-refractivity contribution in [3.63, 3.8) is 0 Å². The van der Waals surface area contributed by atoms with Crippen molar-refractivity contribution in [3.05, 3.63) is 64.0 Å². The highest BCUT2D eigenvalue weighted by Gasteiger charge is 2.11. The molecule has 0 atom stereocenters. The molecule has 0 fully saturated rings. The van der Waals surface area contributed by atoms with Gasteiger partial charge in [0.05, 0.1) is 23.7 Å². The standard InChI is InChI=1S/C14H12FNO4/c1-19-9-10-3-2-4-13(5-10)20-14-7-11(15)6-12(8-14)16(17)18/h2-8H,9H2,1H3. The summed E-state index contributed by atoms with van der Waals surface area (Å²) in [6.45, 7) is 0.417. The van der Waals surface area contributed by atoms with Crippen molar-refractivity contribution in [2.45, 2.75) is 6.61 Å². The minimum Gasteiger partial charge on any atom is -0.457 e. The van der Waals surface area contributed by atoms with Crippen LogP contribution in [0.2, 0.25) is 0 Å². The van der Waals surface area contributed by atoms with Gasteiger partial charge in [-0.15, -0.1) is 0 Å². The number of nitro groups is 1. The van der Waals surface area contributed by atoms with Gasteiger partial charge in [-0.1, -0.05) is 12.1 Å². The monoisotopic (exact) mass is 277 g/mol. The first-order valence-corrected chi connectivity index (χ1v) is 5.79. The molecule has 0 saturated carbocycles. The molecule has 2 aromatic carbocycles. The Morgan fingerprint density at radius 3 is 2.70 bits per heavy atom. The van der Waals surface area contributed by atoms with Gasteiger partial charge in [0.15, 0.2) is 0 Å². The molecule has 0 aromatic heterocycles. The molecule has 0 amide bonds. The number of halogens is 1. The summed E-state index contributed by atoms with van der Waals surface area (Å²) >= 11 is 0. The second kappa shape index (κ2) is 6.12. The van der Waals surface area contributed by atoms with Crippen LogP contribution < -0.4 is 4.74 Å². The summed E-state index contributed by atoms with van der Waals surface area (Å²) in [5.41, 5.74) is 0.531. The van der Waals surface area contributed by atoms with E-state index in [1.54, 1.807) is 25.3 Å². The van der Waals surface area contributed by atoms with E-state index in [0.29, 0.717) is 12.4 Å². The lowest BCUT2D eigenvalue weighted by molar-refractivity contribution is -0.385. The number of ether oxygens (including phenoxy) is 2. The Hall–Kier alpha value is -2.47. The summed E-state index contributed by atoms with van der Waals surface area (Å²) in [5.74, 6) is -0.187. The van der Waals surface area contributed by atoms with Crippen molar-refractivity contribution in [2.24, 2.45) is 0 Å². The maximum absolute atomic E-state index is 13.3. The van der Waals surface area contributed by atoms with Gasteiger partial charge < -0.3 is 9.47 Å². The van der Waals surface area contributed by atoms with Crippen LogP contribution in [0.3, 0.4) is 0 Å². The smallest absolute Gasteiger partial charge is 0.276 e. The second-order valence-corrected chi connectivity index (χ2v) is 4.08. The van der Waals surface area contributed by atoms with Gasteiger partial charge in [-0.25, -0.2) is 4.39 Å². The maximum atomic E-state index is 13.3. The normalized spacial score (nSPS) is 10.3. The molecule has 2 rings (SSSR count). The summed E-state index contributed by atoms with van der Waals surface area (Å²) in [6, 6.07) is 10.1. The van der Waals surface area contributed by atoms with Crippen LogP contribution in [0.4, 0.5) is 10.1 Å². The van der Waals surface area contributed by atoms with E-state index in [2.05, 4.69) is 0 Å². The van der Waals surface area contributed by atoms with Crippen LogP contribution in [0, 0.1) is 15.9 Å². The van der Waals surface area contributed by atoms with E-state index >= 15 is 0 Å². The molecule has 0 radical (unpaired) electrons. The summed E-state index contributed by atoms with van der Waals surface area (Å²) in [6.07, 6.45) is 0. The highest BCUT2D eigenvalue weighted by Crippen LogP contribution is 2.27. The van der Waals surface area contributed by atoms with Crippen LogP contribution in [0.1, 0.15) is 5.56 Å². The number of non-ortho nitro benzene ring substituents is 1. The Morgan fingerprint density at radius 1 is 1.20 bits per heavy atom.